The fraction of sp³-hybridized carbons (Fsp3) is 0.875. The number of aliphatic carboxylic acids is 1. The van der Waals surface area contributed by atoms with Gasteiger partial charge in [-0.15, -0.1) is 0 Å². The van der Waals surface area contributed by atoms with Crippen LogP contribution in [0.3, 0.4) is 0 Å². The van der Waals surface area contributed by atoms with Crippen molar-refractivity contribution in [1.82, 2.24) is 0 Å². The van der Waals surface area contributed by atoms with Gasteiger partial charge in [0.2, 0.25) is 0 Å². The Morgan fingerprint density at radius 1 is 1.36 bits per heavy atom. The van der Waals surface area contributed by atoms with E-state index in [-0.39, 0.29) is 0 Å². The molecular weight excluding hydrogens is 256 g/mol. The second-order valence-electron chi connectivity index (χ2n) is 3.18. The summed E-state index contributed by atoms with van der Waals surface area (Å²) in [5, 5.41) is 9.02. The fourth-order valence-electron chi connectivity index (χ4n) is 0.984. The van der Waals surface area contributed by atoms with Crippen LogP contribution >= 0.6 is 50.5 Å². The molecule has 2 nitrogen and oxygen atoms in total. The zero-order valence-electron chi connectivity index (χ0n) is 7.76. The number of hydrogen-bond acceptors (Lipinski definition) is 5. The molecule has 0 aliphatic heterocycles. The van der Waals surface area contributed by atoms with Gasteiger partial charge >= 0.3 is 5.97 Å². The lowest BCUT2D eigenvalue weighted by atomic mass is 10.1. The third kappa shape index (κ3) is 6.37. The SMILES string of the molecule is O=C(O)C(S)(S)CCCC(S)CCS. The van der Waals surface area contributed by atoms with E-state index in [2.05, 4.69) is 50.5 Å². The molecule has 0 rings (SSSR count). The summed E-state index contributed by atoms with van der Waals surface area (Å²) in [7, 11) is 0. The molecule has 1 N–H and O–H groups in total. The number of carbonyl (C=O) groups is 1. The number of rotatable bonds is 7. The van der Waals surface area contributed by atoms with E-state index in [0.717, 1.165) is 25.0 Å². The fourth-order valence-corrected chi connectivity index (χ4v) is 2.13. The first kappa shape index (κ1) is 14.9. The van der Waals surface area contributed by atoms with Crippen LogP contribution < -0.4 is 0 Å². The van der Waals surface area contributed by atoms with Gasteiger partial charge in [0.05, 0.1) is 0 Å². The Labute approximate surface area is 107 Å². The van der Waals surface area contributed by atoms with E-state index in [9.17, 15) is 4.79 Å². The van der Waals surface area contributed by atoms with Gasteiger partial charge in [0.25, 0.3) is 0 Å². The lowest BCUT2D eigenvalue weighted by molar-refractivity contribution is -0.137. The van der Waals surface area contributed by atoms with Gasteiger partial charge in [-0.2, -0.15) is 50.5 Å². The van der Waals surface area contributed by atoms with Crippen molar-refractivity contribution in [2.75, 3.05) is 5.75 Å². The van der Waals surface area contributed by atoms with Crippen molar-refractivity contribution in [1.29, 1.82) is 0 Å². The topological polar surface area (TPSA) is 37.3 Å². The highest BCUT2D eigenvalue weighted by molar-refractivity contribution is 8.01. The minimum Gasteiger partial charge on any atom is -0.480 e. The van der Waals surface area contributed by atoms with Crippen LogP contribution in [0.15, 0.2) is 0 Å². The summed E-state index contributed by atoms with van der Waals surface area (Å²) in [6.07, 6.45) is 3.02. The smallest absolute Gasteiger partial charge is 0.329 e. The second-order valence-corrected chi connectivity index (χ2v) is 6.24. The zero-order valence-corrected chi connectivity index (χ0v) is 11.3. The van der Waals surface area contributed by atoms with E-state index in [1.54, 1.807) is 0 Å². The third-order valence-corrected chi connectivity index (χ3v) is 3.47. The maximum absolute atomic E-state index is 10.6. The molecule has 0 saturated carbocycles. The molecule has 6 heteroatoms. The van der Waals surface area contributed by atoms with Crippen LogP contribution in [0.1, 0.15) is 25.7 Å². The van der Waals surface area contributed by atoms with E-state index in [1.165, 1.54) is 0 Å². The molecule has 1 unspecified atom stereocenters. The van der Waals surface area contributed by atoms with Crippen LogP contribution in [0.4, 0.5) is 0 Å². The van der Waals surface area contributed by atoms with Crippen LogP contribution in [0.2, 0.25) is 0 Å². The van der Waals surface area contributed by atoms with Crippen molar-refractivity contribution in [3.8, 4) is 0 Å². The summed E-state index contributed by atoms with van der Waals surface area (Å²) in [6.45, 7) is 0. The van der Waals surface area contributed by atoms with Crippen molar-refractivity contribution in [3.63, 3.8) is 0 Å². The van der Waals surface area contributed by atoms with Gasteiger partial charge in [-0.1, -0.05) is 0 Å². The quantitative estimate of drug-likeness (QED) is 0.365. The van der Waals surface area contributed by atoms with Gasteiger partial charge < -0.3 is 5.11 Å². The molecule has 0 spiro atoms. The highest BCUT2D eigenvalue weighted by Gasteiger charge is 2.29. The van der Waals surface area contributed by atoms with Gasteiger partial charge in [0.15, 0.2) is 4.08 Å². The van der Waals surface area contributed by atoms with Crippen LogP contribution in [0, 0.1) is 0 Å². The van der Waals surface area contributed by atoms with Crippen LogP contribution in [-0.2, 0) is 4.79 Å². The molecule has 0 amide bonds. The molecule has 0 radical (unpaired) electrons. The third-order valence-electron chi connectivity index (χ3n) is 1.87. The molecule has 14 heavy (non-hydrogen) atoms. The lowest BCUT2D eigenvalue weighted by Gasteiger charge is -2.17. The Morgan fingerprint density at radius 2 is 1.93 bits per heavy atom. The monoisotopic (exact) mass is 272 g/mol. The first-order valence-electron chi connectivity index (χ1n) is 4.37. The standard InChI is InChI=1S/C8H16O2S4/c9-7(10)8(13,14)4-1-2-6(12)3-5-11/h6,11-14H,1-5H2,(H,9,10). The lowest BCUT2D eigenvalue weighted by Crippen LogP contribution is -2.25. The van der Waals surface area contributed by atoms with Gasteiger partial charge in [-0.05, 0) is 31.4 Å². The number of thiol groups is 4. The molecule has 0 saturated heterocycles. The average molecular weight is 272 g/mol. The maximum Gasteiger partial charge on any atom is 0.329 e. The van der Waals surface area contributed by atoms with Crippen molar-refractivity contribution in [2.45, 2.75) is 35.0 Å². The molecule has 0 aromatic rings. The minimum absolute atomic E-state index is 0.291. The summed E-state index contributed by atoms with van der Waals surface area (Å²) >= 11 is 16.4. The highest BCUT2D eigenvalue weighted by atomic mass is 32.2. The first-order valence-corrected chi connectivity index (χ1v) is 6.41. The van der Waals surface area contributed by atoms with Crippen molar-refractivity contribution < 1.29 is 9.90 Å². The zero-order chi connectivity index (χ0) is 11.2. The Balaban J connectivity index is 3.68. The Kier molecular flexibility index (Phi) is 7.64. The number of carboxylic acid groups (broad SMARTS) is 1. The van der Waals surface area contributed by atoms with Crippen LogP contribution in [-0.4, -0.2) is 26.2 Å². The molecule has 0 fully saturated rings. The molecule has 0 aromatic carbocycles. The predicted molar refractivity (Wildman–Crippen MR) is 73.4 cm³/mol. The second kappa shape index (κ2) is 7.19. The molecule has 84 valence electrons. The van der Waals surface area contributed by atoms with Crippen molar-refractivity contribution >= 4 is 56.5 Å². The van der Waals surface area contributed by atoms with E-state index in [0.29, 0.717) is 11.7 Å². The molecular formula is C8H16O2S4. The predicted octanol–water partition coefficient (Wildman–Crippen LogP) is 2.42. The molecule has 0 aliphatic carbocycles. The minimum atomic E-state index is -1.21. The molecule has 1 atom stereocenters. The summed E-state index contributed by atoms with van der Waals surface area (Å²) < 4.78 is -1.21. The van der Waals surface area contributed by atoms with E-state index >= 15 is 0 Å². The van der Waals surface area contributed by atoms with Gasteiger partial charge in [0, 0.05) is 5.25 Å². The van der Waals surface area contributed by atoms with E-state index in [1.807, 2.05) is 0 Å². The Morgan fingerprint density at radius 3 is 2.36 bits per heavy atom. The normalized spacial score (nSPS) is 14.0. The Bertz CT molecular complexity index is 184. The van der Waals surface area contributed by atoms with Crippen molar-refractivity contribution in [2.24, 2.45) is 0 Å². The van der Waals surface area contributed by atoms with E-state index in [4.69, 9.17) is 5.11 Å². The van der Waals surface area contributed by atoms with Gasteiger partial charge in [0.1, 0.15) is 0 Å². The highest BCUT2D eigenvalue weighted by Crippen LogP contribution is 2.27. The summed E-state index contributed by atoms with van der Waals surface area (Å²) in [6, 6.07) is 0. The molecule has 0 aliphatic rings. The molecule has 0 bridgehead atoms. The summed E-state index contributed by atoms with van der Waals surface area (Å²) in [4.78, 5) is 10.6. The summed E-state index contributed by atoms with van der Waals surface area (Å²) in [5.41, 5.74) is 0. The molecule has 0 aromatic heterocycles. The number of carboxylic acids is 1. The van der Waals surface area contributed by atoms with E-state index < -0.39 is 10.0 Å². The maximum atomic E-state index is 10.6. The van der Waals surface area contributed by atoms with Crippen LogP contribution in [0.25, 0.3) is 0 Å². The number of hydrogen-bond donors (Lipinski definition) is 5. The summed E-state index contributed by atoms with van der Waals surface area (Å²) in [5.74, 6) is -0.186. The molecule has 0 heterocycles. The first-order chi connectivity index (χ1) is 6.40. The van der Waals surface area contributed by atoms with Gasteiger partial charge in [-0.3, -0.25) is 0 Å². The van der Waals surface area contributed by atoms with Crippen molar-refractivity contribution in [3.05, 3.63) is 0 Å². The largest absolute Gasteiger partial charge is 0.480 e. The van der Waals surface area contributed by atoms with Crippen LogP contribution in [0.5, 0.6) is 0 Å². The average Bonchev–Trinajstić information content (AvgIpc) is 2.04. The van der Waals surface area contributed by atoms with Gasteiger partial charge in [-0.25, -0.2) is 4.79 Å². The Hall–Kier alpha value is 0.870.